The van der Waals surface area contributed by atoms with E-state index in [1.54, 1.807) is 0 Å². The SMILES string of the molecule is CC(CNCC1CCCCCC1)CN1CCCCC1. The molecule has 1 unspecified atom stereocenters. The zero-order valence-corrected chi connectivity index (χ0v) is 13.0. The fraction of sp³-hybridized carbons (Fsp3) is 1.00. The number of rotatable bonds is 6. The van der Waals surface area contributed by atoms with Gasteiger partial charge in [0.25, 0.3) is 0 Å². The summed E-state index contributed by atoms with van der Waals surface area (Å²) in [4.78, 5) is 2.67. The summed E-state index contributed by atoms with van der Waals surface area (Å²) in [5.74, 6) is 1.77. The van der Waals surface area contributed by atoms with Crippen molar-refractivity contribution in [2.75, 3.05) is 32.7 Å². The Morgan fingerprint density at radius 2 is 1.58 bits per heavy atom. The molecule has 0 bridgehead atoms. The van der Waals surface area contributed by atoms with E-state index < -0.39 is 0 Å². The highest BCUT2D eigenvalue weighted by molar-refractivity contribution is 4.71. The van der Waals surface area contributed by atoms with Crippen LogP contribution < -0.4 is 5.32 Å². The molecule has 0 spiro atoms. The van der Waals surface area contributed by atoms with E-state index >= 15 is 0 Å². The first-order valence-electron chi connectivity index (χ1n) is 8.77. The highest BCUT2D eigenvalue weighted by Gasteiger charge is 2.15. The Kier molecular flexibility index (Phi) is 7.23. The molecule has 2 fully saturated rings. The molecule has 1 saturated heterocycles. The van der Waals surface area contributed by atoms with Gasteiger partial charge >= 0.3 is 0 Å². The molecule has 1 heterocycles. The summed E-state index contributed by atoms with van der Waals surface area (Å²) in [6, 6.07) is 0. The van der Waals surface area contributed by atoms with Gasteiger partial charge < -0.3 is 10.2 Å². The summed E-state index contributed by atoms with van der Waals surface area (Å²) in [6.45, 7) is 8.88. The van der Waals surface area contributed by atoms with Crippen LogP contribution in [0.25, 0.3) is 0 Å². The van der Waals surface area contributed by atoms with Crippen molar-refractivity contribution in [1.82, 2.24) is 10.2 Å². The van der Waals surface area contributed by atoms with Gasteiger partial charge in [-0.2, -0.15) is 0 Å². The van der Waals surface area contributed by atoms with Gasteiger partial charge in [0.1, 0.15) is 0 Å². The van der Waals surface area contributed by atoms with Crippen molar-refractivity contribution in [2.24, 2.45) is 11.8 Å². The van der Waals surface area contributed by atoms with Crippen LogP contribution in [0, 0.1) is 11.8 Å². The molecule has 1 aliphatic carbocycles. The van der Waals surface area contributed by atoms with Crippen molar-refractivity contribution < 1.29 is 0 Å². The van der Waals surface area contributed by atoms with Gasteiger partial charge in [0.2, 0.25) is 0 Å². The van der Waals surface area contributed by atoms with Gasteiger partial charge in [-0.15, -0.1) is 0 Å². The van der Waals surface area contributed by atoms with Crippen molar-refractivity contribution in [3.8, 4) is 0 Å². The van der Waals surface area contributed by atoms with Crippen molar-refractivity contribution >= 4 is 0 Å². The van der Waals surface area contributed by atoms with E-state index in [9.17, 15) is 0 Å². The van der Waals surface area contributed by atoms with E-state index in [0.717, 1.165) is 11.8 Å². The standard InChI is InChI=1S/C17H34N2/c1-16(15-19-11-7-4-8-12-19)13-18-14-17-9-5-2-3-6-10-17/h16-18H,2-15H2,1H3. The van der Waals surface area contributed by atoms with Crippen LogP contribution in [-0.2, 0) is 0 Å². The average molecular weight is 266 g/mol. The summed E-state index contributed by atoms with van der Waals surface area (Å²) in [5.41, 5.74) is 0. The smallest absolute Gasteiger partial charge is 0.00191 e. The van der Waals surface area contributed by atoms with E-state index in [-0.39, 0.29) is 0 Å². The van der Waals surface area contributed by atoms with Crippen molar-refractivity contribution in [1.29, 1.82) is 0 Å². The Bertz CT molecular complexity index is 215. The van der Waals surface area contributed by atoms with E-state index in [2.05, 4.69) is 17.1 Å². The van der Waals surface area contributed by atoms with Gasteiger partial charge in [-0.1, -0.05) is 39.0 Å². The maximum absolute atomic E-state index is 3.75. The molecule has 1 aliphatic heterocycles. The van der Waals surface area contributed by atoms with Gasteiger partial charge in [0, 0.05) is 6.54 Å². The lowest BCUT2D eigenvalue weighted by molar-refractivity contribution is 0.198. The monoisotopic (exact) mass is 266 g/mol. The van der Waals surface area contributed by atoms with Crippen LogP contribution in [0.2, 0.25) is 0 Å². The molecule has 0 aromatic carbocycles. The normalized spacial score (nSPS) is 25.1. The fourth-order valence-electron chi connectivity index (χ4n) is 3.75. The minimum absolute atomic E-state index is 0.809. The predicted molar refractivity (Wildman–Crippen MR) is 83.5 cm³/mol. The molecule has 1 N–H and O–H groups in total. The number of nitrogens with zero attached hydrogens (tertiary/aromatic N) is 1. The lowest BCUT2D eigenvalue weighted by Gasteiger charge is -2.29. The maximum atomic E-state index is 3.75. The number of hydrogen-bond donors (Lipinski definition) is 1. The van der Waals surface area contributed by atoms with Crippen LogP contribution in [0.1, 0.15) is 64.7 Å². The molecule has 2 nitrogen and oxygen atoms in total. The third kappa shape index (κ3) is 6.27. The largest absolute Gasteiger partial charge is 0.316 e. The van der Waals surface area contributed by atoms with E-state index in [0.29, 0.717) is 0 Å². The summed E-state index contributed by atoms with van der Waals surface area (Å²) in [7, 11) is 0. The molecule has 112 valence electrons. The van der Waals surface area contributed by atoms with E-state index in [4.69, 9.17) is 0 Å². The molecule has 0 radical (unpaired) electrons. The Morgan fingerprint density at radius 3 is 2.26 bits per heavy atom. The first-order chi connectivity index (χ1) is 9.34. The highest BCUT2D eigenvalue weighted by Crippen LogP contribution is 2.22. The Labute approximate surface area is 120 Å². The molecule has 1 saturated carbocycles. The fourth-order valence-corrected chi connectivity index (χ4v) is 3.75. The number of hydrogen-bond acceptors (Lipinski definition) is 2. The Hall–Kier alpha value is -0.0800. The summed E-state index contributed by atoms with van der Waals surface area (Å²) >= 11 is 0. The maximum Gasteiger partial charge on any atom is 0.00191 e. The third-order valence-electron chi connectivity index (χ3n) is 4.92. The molecule has 2 rings (SSSR count). The lowest BCUT2D eigenvalue weighted by atomic mass is 10.00. The van der Waals surface area contributed by atoms with Crippen LogP contribution in [-0.4, -0.2) is 37.6 Å². The number of likely N-dealkylation sites (tertiary alicyclic amines) is 1. The minimum atomic E-state index is 0.809. The zero-order chi connectivity index (χ0) is 13.3. The van der Waals surface area contributed by atoms with Gasteiger partial charge in [-0.05, 0) is 63.7 Å². The first-order valence-corrected chi connectivity index (χ1v) is 8.77. The van der Waals surface area contributed by atoms with Crippen molar-refractivity contribution in [3.05, 3.63) is 0 Å². The summed E-state index contributed by atoms with van der Waals surface area (Å²) in [6.07, 6.45) is 13.1. The van der Waals surface area contributed by atoms with Crippen LogP contribution >= 0.6 is 0 Å². The average Bonchev–Trinajstić information content (AvgIpc) is 2.68. The van der Waals surface area contributed by atoms with Gasteiger partial charge in [-0.25, -0.2) is 0 Å². The Balaban J connectivity index is 1.53. The first kappa shape index (κ1) is 15.3. The lowest BCUT2D eigenvalue weighted by Crippen LogP contribution is -2.37. The molecular formula is C17H34N2. The molecule has 2 aliphatic rings. The molecule has 0 amide bonds. The predicted octanol–water partition coefficient (Wildman–Crippen LogP) is 3.67. The quantitative estimate of drug-likeness (QED) is 0.738. The van der Waals surface area contributed by atoms with Crippen LogP contribution in [0.3, 0.4) is 0 Å². The van der Waals surface area contributed by atoms with Gasteiger partial charge in [0.15, 0.2) is 0 Å². The van der Waals surface area contributed by atoms with Crippen LogP contribution in [0.4, 0.5) is 0 Å². The molecule has 19 heavy (non-hydrogen) atoms. The second kappa shape index (κ2) is 8.97. The second-order valence-electron chi connectivity index (χ2n) is 6.98. The van der Waals surface area contributed by atoms with E-state index in [1.165, 1.54) is 90.5 Å². The summed E-state index contributed by atoms with van der Waals surface area (Å²) < 4.78 is 0. The second-order valence-corrected chi connectivity index (χ2v) is 6.98. The van der Waals surface area contributed by atoms with Crippen molar-refractivity contribution in [2.45, 2.75) is 64.7 Å². The van der Waals surface area contributed by atoms with E-state index in [1.807, 2.05) is 0 Å². The summed E-state index contributed by atoms with van der Waals surface area (Å²) in [5, 5.41) is 3.75. The molecule has 0 aromatic heterocycles. The number of piperidine rings is 1. The minimum Gasteiger partial charge on any atom is -0.316 e. The molecular weight excluding hydrogens is 232 g/mol. The Morgan fingerprint density at radius 1 is 0.947 bits per heavy atom. The highest BCUT2D eigenvalue weighted by atomic mass is 15.1. The molecule has 1 atom stereocenters. The topological polar surface area (TPSA) is 15.3 Å². The van der Waals surface area contributed by atoms with Crippen LogP contribution in [0.5, 0.6) is 0 Å². The van der Waals surface area contributed by atoms with Crippen LogP contribution in [0.15, 0.2) is 0 Å². The van der Waals surface area contributed by atoms with Gasteiger partial charge in [0.05, 0.1) is 0 Å². The van der Waals surface area contributed by atoms with Gasteiger partial charge in [-0.3, -0.25) is 0 Å². The zero-order valence-electron chi connectivity index (χ0n) is 13.0. The third-order valence-corrected chi connectivity index (χ3v) is 4.92. The van der Waals surface area contributed by atoms with Crippen molar-refractivity contribution in [3.63, 3.8) is 0 Å². The number of nitrogens with one attached hydrogen (secondary N) is 1. The molecule has 0 aromatic rings. The molecule has 2 heteroatoms.